The van der Waals surface area contributed by atoms with Gasteiger partial charge in [0.2, 0.25) is 11.7 Å². The number of aromatic nitrogens is 3. The predicted octanol–water partition coefficient (Wildman–Crippen LogP) is 3.10. The van der Waals surface area contributed by atoms with Crippen LogP contribution in [0.4, 0.5) is 0 Å². The van der Waals surface area contributed by atoms with Gasteiger partial charge >= 0.3 is 0 Å². The molecule has 3 aromatic rings. The first kappa shape index (κ1) is 21.7. The van der Waals surface area contributed by atoms with Crippen LogP contribution in [0.25, 0.3) is 5.69 Å². The monoisotopic (exact) mass is 431 g/mol. The van der Waals surface area contributed by atoms with Crippen molar-refractivity contribution >= 4 is 11.8 Å². The molecule has 1 fully saturated rings. The maximum Gasteiger partial charge on any atom is 0.290 e. The lowest BCUT2D eigenvalue weighted by molar-refractivity contribution is -0.127. The van der Waals surface area contributed by atoms with E-state index in [1.807, 2.05) is 54.3 Å². The number of benzene rings is 2. The van der Waals surface area contributed by atoms with Gasteiger partial charge in [-0.3, -0.25) is 9.59 Å². The summed E-state index contributed by atoms with van der Waals surface area (Å²) in [7, 11) is 0. The number of rotatable bonds is 9. The summed E-state index contributed by atoms with van der Waals surface area (Å²) in [4.78, 5) is 30.9. The van der Waals surface area contributed by atoms with Crippen molar-refractivity contribution < 1.29 is 9.59 Å². The molecule has 4 rings (SSSR count). The Morgan fingerprint density at radius 1 is 1.06 bits per heavy atom. The fourth-order valence-electron chi connectivity index (χ4n) is 3.99. The molecule has 7 nitrogen and oxygen atoms in total. The van der Waals surface area contributed by atoms with Gasteiger partial charge in [-0.05, 0) is 43.4 Å². The standard InChI is InChI=1S/C25H29N5O2/c1-19-9-5-6-12-21(19)30-22(15-14-20-10-3-2-4-11-20)27-24(28-30)25(32)26-16-8-18-29-17-7-13-23(29)31/h2-6,9-12H,7-8,13-18H2,1H3,(H,26,32). The Bertz CT molecular complexity index is 1080. The minimum absolute atomic E-state index is 0.175. The summed E-state index contributed by atoms with van der Waals surface area (Å²) in [5.41, 5.74) is 3.21. The Kier molecular flexibility index (Phi) is 6.94. The van der Waals surface area contributed by atoms with Crippen LogP contribution in [0.15, 0.2) is 54.6 Å². The third-order valence-corrected chi connectivity index (χ3v) is 5.76. The van der Waals surface area contributed by atoms with E-state index in [9.17, 15) is 9.59 Å². The zero-order valence-electron chi connectivity index (χ0n) is 18.5. The van der Waals surface area contributed by atoms with Crippen LogP contribution < -0.4 is 5.32 Å². The highest BCUT2D eigenvalue weighted by molar-refractivity contribution is 5.90. The maximum absolute atomic E-state index is 12.7. The second kappa shape index (κ2) is 10.2. The molecule has 0 spiro atoms. The van der Waals surface area contributed by atoms with Gasteiger partial charge in [0, 0.05) is 32.5 Å². The van der Waals surface area contributed by atoms with E-state index in [1.165, 1.54) is 5.56 Å². The van der Waals surface area contributed by atoms with E-state index in [2.05, 4.69) is 27.5 Å². The largest absolute Gasteiger partial charge is 0.349 e. The number of aryl methyl sites for hydroxylation is 3. The van der Waals surface area contributed by atoms with Gasteiger partial charge in [-0.2, -0.15) is 0 Å². The first-order chi connectivity index (χ1) is 15.6. The van der Waals surface area contributed by atoms with E-state index >= 15 is 0 Å². The molecule has 0 saturated carbocycles. The molecule has 0 radical (unpaired) electrons. The molecule has 0 bridgehead atoms. The Labute approximate surface area is 188 Å². The minimum Gasteiger partial charge on any atom is -0.349 e. The quantitative estimate of drug-likeness (QED) is 0.528. The number of amides is 2. The van der Waals surface area contributed by atoms with Gasteiger partial charge in [-0.1, -0.05) is 48.5 Å². The van der Waals surface area contributed by atoms with Gasteiger partial charge in [0.1, 0.15) is 5.82 Å². The molecule has 1 aromatic heterocycles. The fourth-order valence-corrected chi connectivity index (χ4v) is 3.99. The molecular weight excluding hydrogens is 402 g/mol. The van der Waals surface area contributed by atoms with Crippen LogP contribution in [-0.4, -0.2) is 51.1 Å². The molecule has 0 atom stereocenters. The number of hydrogen-bond acceptors (Lipinski definition) is 4. The smallest absolute Gasteiger partial charge is 0.290 e. The molecule has 1 aliphatic rings. The lowest BCUT2D eigenvalue weighted by Crippen LogP contribution is -2.31. The van der Waals surface area contributed by atoms with Crippen LogP contribution >= 0.6 is 0 Å². The maximum atomic E-state index is 12.7. The Balaban J connectivity index is 1.45. The number of nitrogens with zero attached hydrogens (tertiary/aromatic N) is 4. The minimum atomic E-state index is -0.286. The number of carbonyl (C=O) groups excluding carboxylic acids is 2. The molecule has 166 valence electrons. The third-order valence-electron chi connectivity index (χ3n) is 5.76. The van der Waals surface area contributed by atoms with Gasteiger partial charge in [0.05, 0.1) is 5.69 Å². The average Bonchev–Trinajstić information content (AvgIpc) is 3.42. The SMILES string of the molecule is Cc1ccccc1-n1nc(C(=O)NCCCN2CCCC2=O)nc1CCc1ccccc1. The highest BCUT2D eigenvalue weighted by Crippen LogP contribution is 2.16. The molecule has 0 aliphatic carbocycles. The second-order valence-electron chi connectivity index (χ2n) is 8.13. The number of para-hydroxylation sites is 1. The number of likely N-dealkylation sites (tertiary alicyclic amines) is 1. The van der Waals surface area contributed by atoms with Gasteiger partial charge in [0.15, 0.2) is 0 Å². The van der Waals surface area contributed by atoms with Crippen molar-refractivity contribution in [3.05, 3.63) is 77.4 Å². The summed E-state index contributed by atoms with van der Waals surface area (Å²) in [5.74, 6) is 0.855. The van der Waals surface area contributed by atoms with Crippen LogP contribution in [0.5, 0.6) is 0 Å². The number of hydrogen-bond donors (Lipinski definition) is 1. The molecule has 2 amide bonds. The second-order valence-corrected chi connectivity index (χ2v) is 8.13. The van der Waals surface area contributed by atoms with Crippen LogP contribution in [0.2, 0.25) is 0 Å². The van der Waals surface area contributed by atoms with Crippen molar-refractivity contribution in [3.63, 3.8) is 0 Å². The van der Waals surface area contributed by atoms with Gasteiger partial charge in [-0.15, -0.1) is 5.10 Å². The molecule has 1 N–H and O–H groups in total. The van der Waals surface area contributed by atoms with Crippen molar-refractivity contribution in [1.29, 1.82) is 0 Å². The summed E-state index contributed by atoms with van der Waals surface area (Å²) in [6, 6.07) is 18.2. The summed E-state index contributed by atoms with van der Waals surface area (Å²) < 4.78 is 1.79. The van der Waals surface area contributed by atoms with Crippen molar-refractivity contribution in [2.75, 3.05) is 19.6 Å². The van der Waals surface area contributed by atoms with Crippen LogP contribution in [0.3, 0.4) is 0 Å². The van der Waals surface area contributed by atoms with Gasteiger partial charge < -0.3 is 10.2 Å². The number of nitrogens with one attached hydrogen (secondary N) is 1. The van der Waals surface area contributed by atoms with Crippen molar-refractivity contribution in [2.24, 2.45) is 0 Å². The van der Waals surface area contributed by atoms with Crippen LogP contribution in [-0.2, 0) is 17.6 Å². The lowest BCUT2D eigenvalue weighted by Gasteiger charge is -2.14. The third kappa shape index (κ3) is 5.22. The Morgan fingerprint density at radius 2 is 1.84 bits per heavy atom. The molecule has 1 saturated heterocycles. The van der Waals surface area contributed by atoms with E-state index in [0.717, 1.165) is 42.9 Å². The summed E-state index contributed by atoms with van der Waals surface area (Å²) >= 11 is 0. The predicted molar refractivity (Wildman–Crippen MR) is 123 cm³/mol. The molecule has 32 heavy (non-hydrogen) atoms. The molecule has 2 aromatic carbocycles. The van der Waals surface area contributed by atoms with E-state index in [4.69, 9.17) is 0 Å². The Morgan fingerprint density at radius 3 is 2.59 bits per heavy atom. The van der Waals surface area contributed by atoms with Crippen molar-refractivity contribution in [3.8, 4) is 5.69 Å². The van der Waals surface area contributed by atoms with E-state index in [-0.39, 0.29) is 17.6 Å². The van der Waals surface area contributed by atoms with E-state index in [0.29, 0.717) is 25.9 Å². The zero-order valence-corrected chi connectivity index (χ0v) is 18.5. The zero-order chi connectivity index (χ0) is 22.3. The van der Waals surface area contributed by atoms with Crippen molar-refractivity contribution in [2.45, 2.75) is 39.0 Å². The number of carbonyl (C=O) groups is 2. The first-order valence-corrected chi connectivity index (χ1v) is 11.2. The highest BCUT2D eigenvalue weighted by atomic mass is 16.2. The first-order valence-electron chi connectivity index (χ1n) is 11.2. The molecule has 1 aliphatic heterocycles. The van der Waals surface area contributed by atoms with E-state index in [1.54, 1.807) is 4.68 Å². The fraction of sp³-hybridized carbons (Fsp3) is 0.360. The topological polar surface area (TPSA) is 80.1 Å². The van der Waals surface area contributed by atoms with Crippen LogP contribution in [0.1, 0.15) is 46.8 Å². The van der Waals surface area contributed by atoms with Crippen molar-refractivity contribution in [1.82, 2.24) is 25.0 Å². The van der Waals surface area contributed by atoms with Gasteiger partial charge in [0.25, 0.3) is 5.91 Å². The molecule has 7 heteroatoms. The normalized spacial score (nSPS) is 13.5. The average molecular weight is 432 g/mol. The molecular formula is C25H29N5O2. The highest BCUT2D eigenvalue weighted by Gasteiger charge is 2.20. The van der Waals surface area contributed by atoms with Gasteiger partial charge in [-0.25, -0.2) is 9.67 Å². The lowest BCUT2D eigenvalue weighted by atomic mass is 10.1. The summed E-state index contributed by atoms with van der Waals surface area (Å²) in [6.07, 6.45) is 3.78. The molecule has 0 unspecified atom stereocenters. The summed E-state index contributed by atoms with van der Waals surface area (Å²) in [6.45, 7) is 4.00. The van der Waals surface area contributed by atoms with Crippen LogP contribution in [0, 0.1) is 6.92 Å². The Hall–Kier alpha value is -3.48. The van der Waals surface area contributed by atoms with E-state index < -0.39 is 0 Å². The molecule has 2 heterocycles. The summed E-state index contributed by atoms with van der Waals surface area (Å²) in [5, 5.41) is 7.45.